The van der Waals surface area contributed by atoms with Crippen LogP contribution in [0.25, 0.3) is 0 Å². The van der Waals surface area contributed by atoms with Crippen molar-refractivity contribution in [3.05, 3.63) is 59.7 Å². The van der Waals surface area contributed by atoms with E-state index in [-0.39, 0.29) is 23.0 Å². The molecular weight excluding hydrogens is 523 g/mol. The van der Waals surface area contributed by atoms with Gasteiger partial charge in [-0.3, -0.25) is 8.37 Å². The number of rotatable bonds is 9. The molecule has 0 saturated heterocycles. The summed E-state index contributed by atoms with van der Waals surface area (Å²) in [4.78, 5) is 0.108. The molecule has 10 heteroatoms. The van der Waals surface area contributed by atoms with E-state index < -0.39 is 25.5 Å². The molecule has 0 atom stereocenters. The van der Waals surface area contributed by atoms with Gasteiger partial charge in [-0.25, -0.2) is 0 Å². The highest BCUT2D eigenvalue weighted by molar-refractivity contribution is 14.2. The van der Waals surface area contributed by atoms with Crippen molar-refractivity contribution in [3.63, 3.8) is 0 Å². The summed E-state index contributed by atoms with van der Waals surface area (Å²) in [5, 5.41) is -0.481. The first-order chi connectivity index (χ1) is 12.6. The minimum absolute atomic E-state index is 0.0542. The molecule has 0 aromatic heterocycles. The molecule has 0 saturated carbocycles. The first-order valence-electron chi connectivity index (χ1n) is 7.83. The second kappa shape index (κ2) is 9.70. The van der Waals surface area contributed by atoms with Crippen molar-refractivity contribution in [1.82, 2.24) is 0 Å². The van der Waals surface area contributed by atoms with Crippen LogP contribution in [-0.4, -0.2) is 35.3 Å². The normalized spacial score (nSPS) is 12.4. The van der Waals surface area contributed by atoms with Gasteiger partial charge >= 0.3 is 0 Å². The van der Waals surface area contributed by atoms with E-state index in [1.165, 1.54) is 33.2 Å². The molecule has 0 aliphatic carbocycles. The minimum Gasteiger partial charge on any atom is -0.265 e. The van der Waals surface area contributed by atoms with Crippen molar-refractivity contribution in [2.75, 3.05) is 13.2 Å². The van der Waals surface area contributed by atoms with Crippen LogP contribution in [0, 0.1) is 13.8 Å². The largest absolute Gasteiger partial charge is 0.297 e. The predicted octanol–water partition coefficient (Wildman–Crippen LogP) is 3.87. The van der Waals surface area contributed by atoms with Crippen LogP contribution < -0.4 is 0 Å². The molecule has 2 aromatic rings. The van der Waals surface area contributed by atoms with E-state index in [9.17, 15) is 16.8 Å². The van der Waals surface area contributed by atoms with Crippen LogP contribution in [-0.2, 0) is 28.6 Å². The molecule has 0 aliphatic heterocycles. The number of benzene rings is 2. The molecule has 0 heterocycles. The Bertz CT molecular complexity index is 875. The monoisotopic (exact) mass is 542 g/mol. The van der Waals surface area contributed by atoms with Gasteiger partial charge in [0.15, 0.2) is 0 Å². The average molecular weight is 542 g/mol. The van der Waals surface area contributed by atoms with Gasteiger partial charge in [-0.05, 0) is 59.3 Å². The lowest BCUT2D eigenvalue weighted by atomic mass is 10.2. The third kappa shape index (κ3) is 6.71. The minimum atomic E-state index is -3.91. The van der Waals surface area contributed by atoms with Gasteiger partial charge in [-0.1, -0.05) is 44.3 Å². The fourth-order valence-electron chi connectivity index (χ4n) is 1.98. The van der Waals surface area contributed by atoms with E-state index in [0.29, 0.717) is 0 Å². The van der Waals surface area contributed by atoms with Crippen molar-refractivity contribution < 1.29 is 25.2 Å². The molecule has 0 bridgehead atoms. The maximum Gasteiger partial charge on any atom is 0.297 e. The molecule has 0 amide bonds. The summed E-state index contributed by atoms with van der Waals surface area (Å²) in [6, 6.07) is 12.6. The highest BCUT2D eigenvalue weighted by Crippen LogP contribution is 2.24. The molecular formula is C17H19IO6S3. The molecule has 0 aliphatic rings. The van der Waals surface area contributed by atoms with Gasteiger partial charge in [0.05, 0.1) is 28.3 Å². The van der Waals surface area contributed by atoms with Crippen LogP contribution in [0.3, 0.4) is 0 Å². The van der Waals surface area contributed by atoms with Crippen LogP contribution in [0.4, 0.5) is 0 Å². The Balaban J connectivity index is 1.97. The van der Waals surface area contributed by atoms with E-state index in [2.05, 4.69) is 0 Å². The van der Waals surface area contributed by atoms with Crippen LogP contribution in [0.15, 0.2) is 58.3 Å². The molecule has 27 heavy (non-hydrogen) atoms. The van der Waals surface area contributed by atoms with Gasteiger partial charge in [0.1, 0.15) is 0 Å². The van der Waals surface area contributed by atoms with Gasteiger partial charge in [-0.15, -0.1) is 0 Å². The van der Waals surface area contributed by atoms with Crippen molar-refractivity contribution in [3.8, 4) is 0 Å². The van der Waals surface area contributed by atoms with Gasteiger partial charge in [-0.2, -0.15) is 16.8 Å². The third-order valence-corrected chi connectivity index (χ3v) is 8.84. The number of hydrogen-bond acceptors (Lipinski definition) is 7. The van der Waals surface area contributed by atoms with Gasteiger partial charge in [0.25, 0.3) is 20.2 Å². The lowest BCUT2D eigenvalue weighted by Crippen LogP contribution is -2.22. The topological polar surface area (TPSA) is 86.7 Å². The Kier molecular flexibility index (Phi) is 8.13. The van der Waals surface area contributed by atoms with E-state index >= 15 is 0 Å². The van der Waals surface area contributed by atoms with E-state index in [4.69, 9.17) is 8.37 Å². The zero-order valence-electron chi connectivity index (χ0n) is 14.7. The van der Waals surface area contributed by atoms with Gasteiger partial charge < -0.3 is 0 Å². The number of halogens is 1. The Morgan fingerprint density at radius 1 is 0.778 bits per heavy atom. The highest BCUT2D eigenvalue weighted by atomic mass is 127. The summed E-state index contributed by atoms with van der Waals surface area (Å²) < 4.78 is 59.0. The summed E-state index contributed by atoms with van der Waals surface area (Å²) in [6.07, 6.45) is 0. The zero-order chi connectivity index (χ0) is 20.1. The lowest BCUT2D eigenvalue weighted by molar-refractivity contribution is 0.261. The van der Waals surface area contributed by atoms with Crippen LogP contribution in [0.5, 0.6) is 0 Å². The van der Waals surface area contributed by atoms with Crippen molar-refractivity contribution in [2.45, 2.75) is 28.9 Å². The molecule has 2 aromatic carbocycles. The summed E-state index contributed by atoms with van der Waals surface area (Å²) in [5.74, 6) is 0. The lowest BCUT2D eigenvalue weighted by Gasteiger charge is -2.14. The second-order valence-corrected chi connectivity index (χ2v) is 11.4. The second-order valence-electron chi connectivity index (χ2n) is 5.81. The van der Waals surface area contributed by atoms with Crippen molar-refractivity contribution >= 4 is 50.4 Å². The SMILES string of the molecule is Cc1ccc(S(=O)(=O)OCC(COS(=O)(=O)c2ccc(C)cc2)SI)cc1. The molecule has 0 unspecified atom stereocenters. The molecule has 0 N–H and O–H groups in total. The number of hydrogen-bond donors (Lipinski definition) is 0. The predicted molar refractivity (Wildman–Crippen MR) is 114 cm³/mol. The maximum absolute atomic E-state index is 12.2. The fourth-order valence-corrected chi connectivity index (χ4v) is 5.17. The molecule has 148 valence electrons. The van der Waals surface area contributed by atoms with Crippen LogP contribution >= 0.6 is 30.1 Å². The van der Waals surface area contributed by atoms with Crippen molar-refractivity contribution in [2.24, 2.45) is 0 Å². The maximum atomic E-state index is 12.2. The fraction of sp³-hybridized carbons (Fsp3) is 0.294. The highest BCUT2D eigenvalue weighted by Gasteiger charge is 2.22. The van der Waals surface area contributed by atoms with Crippen LogP contribution in [0.2, 0.25) is 0 Å². The summed E-state index contributed by atoms with van der Waals surface area (Å²) in [6.45, 7) is 3.30. The Morgan fingerprint density at radius 2 is 1.11 bits per heavy atom. The van der Waals surface area contributed by atoms with Gasteiger partial charge in [0.2, 0.25) is 0 Å². The number of aryl methyl sites for hydroxylation is 2. The quantitative estimate of drug-likeness (QED) is 0.351. The van der Waals surface area contributed by atoms with E-state index in [1.807, 2.05) is 35.1 Å². The summed E-state index contributed by atoms with van der Waals surface area (Å²) in [7, 11) is -6.59. The van der Waals surface area contributed by atoms with Crippen LogP contribution in [0.1, 0.15) is 11.1 Å². The van der Waals surface area contributed by atoms with E-state index in [1.54, 1.807) is 24.3 Å². The molecule has 2 rings (SSSR count). The third-order valence-electron chi connectivity index (χ3n) is 3.56. The summed E-state index contributed by atoms with van der Waals surface area (Å²) in [5.41, 5.74) is 1.87. The molecule has 6 nitrogen and oxygen atoms in total. The standard InChI is InChI=1S/C17H19IO6S3/c1-13-3-7-16(8-4-13)26(19,20)23-11-15(25-18)12-24-27(21,22)17-9-5-14(2)6-10-17/h3-10,15H,11-12H2,1-2H3. The first-order valence-corrected chi connectivity index (χ1v) is 14.1. The Labute approximate surface area is 176 Å². The summed E-state index contributed by atoms with van der Waals surface area (Å²) >= 11 is 1.96. The Hall–Kier alpha value is -0.660. The molecule has 0 spiro atoms. The van der Waals surface area contributed by atoms with E-state index in [0.717, 1.165) is 11.1 Å². The smallest absolute Gasteiger partial charge is 0.265 e. The Morgan fingerprint density at radius 3 is 1.41 bits per heavy atom. The van der Waals surface area contributed by atoms with Gasteiger partial charge in [0, 0.05) is 0 Å². The average Bonchev–Trinajstić information content (AvgIpc) is 2.62. The first kappa shape index (κ1) is 22.6. The zero-order valence-corrected chi connectivity index (χ0v) is 19.3. The molecule has 0 radical (unpaired) electrons. The molecule has 0 fully saturated rings. The van der Waals surface area contributed by atoms with Crippen molar-refractivity contribution in [1.29, 1.82) is 0 Å².